The zero-order chi connectivity index (χ0) is 17.6. The second kappa shape index (κ2) is 5.96. The fraction of sp³-hybridized carbons (Fsp3) is 0.238. The van der Waals surface area contributed by atoms with Crippen LogP contribution in [0.5, 0.6) is 0 Å². The van der Waals surface area contributed by atoms with Crippen molar-refractivity contribution in [1.82, 2.24) is 9.78 Å². The van der Waals surface area contributed by atoms with E-state index in [1.807, 2.05) is 36.7 Å². The maximum Gasteiger partial charge on any atom is 0.167 e. The van der Waals surface area contributed by atoms with E-state index in [9.17, 15) is 9.18 Å². The highest BCUT2D eigenvalue weighted by Crippen LogP contribution is 2.35. The molecule has 1 atom stereocenters. The minimum absolute atomic E-state index is 0.0558. The molecule has 0 spiro atoms. The summed E-state index contributed by atoms with van der Waals surface area (Å²) in [4.78, 5) is 12.7. The summed E-state index contributed by atoms with van der Waals surface area (Å²) in [6, 6.07) is 14.6. The zero-order valence-electron chi connectivity index (χ0n) is 14.3. The van der Waals surface area contributed by atoms with Crippen LogP contribution >= 0.6 is 0 Å². The Morgan fingerprint density at radius 3 is 2.56 bits per heavy atom. The first-order valence-electron chi connectivity index (χ1n) is 8.47. The SMILES string of the molecule is Cc1cccc(-n2nc(C)c3c2CC(c2ccc(F)cc2)CC3=O)c1. The molecule has 1 aliphatic rings. The molecule has 3 nitrogen and oxygen atoms in total. The minimum Gasteiger partial charge on any atom is -0.294 e. The van der Waals surface area contributed by atoms with Gasteiger partial charge >= 0.3 is 0 Å². The fourth-order valence-electron chi connectivity index (χ4n) is 3.70. The number of ketones is 1. The molecule has 3 aromatic rings. The van der Waals surface area contributed by atoms with Crippen LogP contribution in [0.3, 0.4) is 0 Å². The average molecular weight is 334 g/mol. The van der Waals surface area contributed by atoms with E-state index in [0.717, 1.165) is 40.2 Å². The lowest BCUT2D eigenvalue weighted by Gasteiger charge is -2.23. The molecular weight excluding hydrogens is 315 g/mol. The number of rotatable bonds is 2. The number of fused-ring (bicyclic) bond motifs is 1. The molecule has 4 heteroatoms. The highest BCUT2D eigenvalue weighted by Gasteiger charge is 2.32. The van der Waals surface area contributed by atoms with E-state index in [1.165, 1.54) is 12.1 Å². The summed E-state index contributed by atoms with van der Waals surface area (Å²) >= 11 is 0. The van der Waals surface area contributed by atoms with Gasteiger partial charge in [-0.25, -0.2) is 9.07 Å². The molecule has 1 unspecified atom stereocenters. The highest BCUT2D eigenvalue weighted by molar-refractivity contribution is 6.00. The van der Waals surface area contributed by atoms with Crippen molar-refractivity contribution in [1.29, 1.82) is 0 Å². The van der Waals surface area contributed by atoms with Crippen LogP contribution in [0.1, 0.15) is 45.2 Å². The maximum absolute atomic E-state index is 13.2. The predicted octanol–water partition coefficient (Wildman–Crippen LogP) is 4.54. The minimum atomic E-state index is -0.257. The van der Waals surface area contributed by atoms with E-state index in [0.29, 0.717) is 6.42 Å². The summed E-state index contributed by atoms with van der Waals surface area (Å²) in [5.74, 6) is -0.0838. The van der Waals surface area contributed by atoms with Gasteiger partial charge in [0.15, 0.2) is 5.78 Å². The van der Waals surface area contributed by atoms with Gasteiger partial charge in [-0.3, -0.25) is 4.79 Å². The lowest BCUT2D eigenvalue weighted by molar-refractivity contribution is 0.0963. The molecular formula is C21H19FN2O. The van der Waals surface area contributed by atoms with Crippen LogP contribution in [0, 0.1) is 19.7 Å². The fourth-order valence-corrected chi connectivity index (χ4v) is 3.70. The maximum atomic E-state index is 13.2. The van der Waals surface area contributed by atoms with Gasteiger partial charge in [0.05, 0.1) is 22.6 Å². The van der Waals surface area contributed by atoms with Crippen LogP contribution in [0.2, 0.25) is 0 Å². The number of carbonyl (C=O) groups excluding carboxylic acids is 1. The van der Waals surface area contributed by atoms with Gasteiger partial charge in [0.25, 0.3) is 0 Å². The number of carbonyl (C=O) groups is 1. The van der Waals surface area contributed by atoms with Crippen molar-refractivity contribution >= 4 is 5.78 Å². The number of benzene rings is 2. The summed E-state index contributed by atoms with van der Waals surface area (Å²) in [6.45, 7) is 3.93. The molecule has 25 heavy (non-hydrogen) atoms. The first kappa shape index (κ1) is 15.8. The molecule has 1 aromatic heterocycles. The van der Waals surface area contributed by atoms with Crippen LogP contribution in [0.4, 0.5) is 4.39 Å². The van der Waals surface area contributed by atoms with Crippen LogP contribution in [-0.2, 0) is 6.42 Å². The van der Waals surface area contributed by atoms with Crippen LogP contribution in [0.15, 0.2) is 48.5 Å². The Hall–Kier alpha value is -2.75. The molecule has 1 heterocycles. The van der Waals surface area contributed by atoms with Gasteiger partial charge in [-0.2, -0.15) is 5.10 Å². The van der Waals surface area contributed by atoms with Crippen LogP contribution in [0.25, 0.3) is 5.69 Å². The Morgan fingerprint density at radius 1 is 1.08 bits per heavy atom. The van der Waals surface area contributed by atoms with Crippen molar-refractivity contribution < 1.29 is 9.18 Å². The van der Waals surface area contributed by atoms with E-state index in [-0.39, 0.29) is 17.5 Å². The van der Waals surface area contributed by atoms with Gasteiger partial charge in [0.2, 0.25) is 0 Å². The lowest BCUT2D eigenvalue weighted by atomic mass is 9.81. The normalized spacial score (nSPS) is 16.8. The van der Waals surface area contributed by atoms with Gasteiger partial charge in [0.1, 0.15) is 5.82 Å². The predicted molar refractivity (Wildman–Crippen MR) is 94.8 cm³/mol. The Kier molecular flexibility index (Phi) is 3.75. The van der Waals surface area contributed by atoms with Crippen molar-refractivity contribution in [3.05, 3.63) is 82.4 Å². The number of halogens is 1. The summed E-state index contributed by atoms with van der Waals surface area (Å²) < 4.78 is 15.1. The van der Waals surface area contributed by atoms with Crippen LogP contribution < -0.4 is 0 Å². The quantitative estimate of drug-likeness (QED) is 0.689. The first-order chi connectivity index (χ1) is 12.0. The molecule has 0 aliphatic heterocycles. The molecule has 1 aliphatic carbocycles. The number of nitrogens with zero attached hydrogens (tertiary/aromatic N) is 2. The van der Waals surface area contributed by atoms with Gasteiger partial charge in [-0.15, -0.1) is 0 Å². The summed E-state index contributed by atoms with van der Waals surface area (Å²) in [7, 11) is 0. The zero-order valence-corrected chi connectivity index (χ0v) is 14.3. The number of aryl methyl sites for hydroxylation is 2. The van der Waals surface area contributed by atoms with E-state index in [1.54, 1.807) is 12.1 Å². The van der Waals surface area contributed by atoms with Crippen LogP contribution in [-0.4, -0.2) is 15.6 Å². The molecule has 0 radical (unpaired) electrons. The Labute approximate surface area is 146 Å². The van der Waals surface area contributed by atoms with Gasteiger partial charge in [-0.1, -0.05) is 24.3 Å². The van der Waals surface area contributed by atoms with E-state index < -0.39 is 0 Å². The largest absolute Gasteiger partial charge is 0.294 e. The lowest BCUT2D eigenvalue weighted by Crippen LogP contribution is -2.20. The summed E-state index contributed by atoms with van der Waals surface area (Å²) in [5, 5.41) is 4.63. The Balaban J connectivity index is 1.79. The molecule has 2 aromatic carbocycles. The Morgan fingerprint density at radius 2 is 1.84 bits per heavy atom. The second-order valence-electron chi connectivity index (χ2n) is 6.74. The topological polar surface area (TPSA) is 34.9 Å². The van der Waals surface area contributed by atoms with E-state index in [4.69, 9.17) is 0 Å². The van der Waals surface area contributed by atoms with Crippen molar-refractivity contribution in [2.45, 2.75) is 32.6 Å². The molecule has 0 amide bonds. The average Bonchev–Trinajstić information content (AvgIpc) is 2.93. The van der Waals surface area contributed by atoms with Gasteiger partial charge in [0, 0.05) is 6.42 Å². The van der Waals surface area contributed by atoms with Crippen molar-refractivity contribution in [2.75, 3.05) is 0 Å². The third kappa shape index (κ3) is 2.78. The van der Waals surface area contributed by atoms with Gasteiger partial charge in [-0.05, 0) is 61.6 Å². The summed E-state index contributed by atoms with van der Waals surface area (Å²) in [5.41, 5.74) is 5.59. The van der Waals surface area contributed by atoms with E-state index in [2.05, 4.69) is 11.2 Å². The molecule has 4 rings (SSSR count). The number of hydrogen-bond donors (Lipinski definition) is 0. The highest BCUT2D eigenvalue weighted by atomic mass is 19.1. The standard InChI is InChI=1S/C21H19FN2O/c1-13-4-3-5-18(10-13)24-19-11-16(15-6-8-17(22)9-7-15)12-20(25)21(19)14(2)23-24/h3-10,16H,11-12H2,1-2H3. The number of aromatic nitrogens is 2. The first-order valence-corrected chi connectivity index (χ1v) is 8.47. The number of hydrogen-bond acceptors (Lipinski definition) is 2. The molecule has 0 fully saturated rings. The molecule has 0 bridgehead atoms. The molecule has 0 saturated heterocycles. The second-order valence-corrected chi connectivity index (χ2v) is 6.74. The Bertz CT molecular complexity index is 957. The third-order valence-electron chi connectivity index (χ3n) is 4.89. The van der Waals surface area contributed by atoms with Crippen molar-refractivity contribution in [3.8, 4) is 5.69 Å². The number of Topliss-reactive ketones (excluding diaryl/α,β-unsaturated/α-hetero) is 1. The third-order valence-corrected chi connectivity index (χ3v) is 4.89. The van der Waals surface area contributed by atoms with Crippen molar-refractivity contribution in [2.24, 2.45) is 0 Å². The van der Waals surface area contributed by atoms with Gasteiger partial charge < -0.3 is 0 Å². The van der Waals surface area contributed by atoms with Crippen molar-refractivity contribution in [3.63, 3.8) is 0 Å². The smallest absolute Gasteiger partial charge is 0.167 e. The monoisotopic (exact) mass is 334 g/mol. The molecule has 0 N–H and O–H groups in total. The molecule has 126 valence electrons. The van der Waals surface area contributed by atoms with E-state index >= 15 is 0 Å². The summed E-state index contributed by atoms with van der Waals surface area (Å²) in [6.07, 6.45) is 1.17. The molecule has 0 saturated carbocycles.